The normalized spacial score (nSPS) is 12.2. The molecule has 116 valence electrons. The molecule has 0 aliphatic rings. The molecule has 0 saturated heterocycles. The Morgan fingerprint density at radius 3 is 0.944 bits per heavy atom. The molecule has 0 radical (unpaired) electrons. The Morgan fingerprint density at radius 2 is 0.833 bits per heavy atom. The quantitative estimate of drug-likeness (QED) is 0.360. The molecule has 0 aliphatic carbocycles. The molecule has 18 heavy (non-hydrogen) atoms. The van der Waals surface area contributed by atoms with Gasteiger partial charge in [-0.2, -0.15) is 0 Å². The molecule has 0 aliphatic heterocycles. The van der Waals surface area contributed by atoms with Gasteiger partial charge in [0.2, 0.25) is 0 Å². The fourth-order valence-electron chi connectivity index (χ4n) is 2.39. The van der Waals surface area contributed by atoms with E-state index in [9.17, 15) is 0 Å². The van der Waals surface area contributed by atoms with Crippen molar-refractivity contribution in [2.24, 2.45) is 0 Å². The van der Waals surface area contributed by atoms with E-state index in [2.05, 4.69) is 55.4 Å². The topological polar surface area (TPSA) is 0 Å². The summed E-state index contributed by atoms with van der Waals surface area (Å²) in [6, 6.07) is 0. The van der Waals surface area contributed by atoms with Crippen molar-refractivity contribution in [3.05, 3.63) is 0 Å². The summed E-state index contributed by atoms with van der Waals surface area (Å²) >= 11 is -0.472. The zero-order chi connectivity index (χ0) is 14.9. The molecular weight excluding hydrogens is 484 g/mol. The Bertz CT molecular complexity index is 154. The van der Waals surface area contributed by atoms with Crippen molar-refractivity contribution in [3.8, 4) is 0 Å². The first kappa shape index (κ1) is 22.4. The summed E-state index contributed by atoms with van der Waals surface area (Å²) < 4.78 is 0. The average molecular weight is 516 g/mol. The zero-order valence-electron chi connectivity index (χ0n) is 13.1. The van der Waals surface area contributed by atoms with Gasteiger partial charge in [-0.15, -0.1) is 0 Å². The minimum atomic E-state index is -0.472. The SMILES string of the molecule is CC(C)[PH+](C[PH+](C(C)C)C(C)C)C(C)C.[Cl][Pt][Cl]. The predicted molar refractivity (Wildman–Crippen MR) is 93.7 cm³/mol. The van der Waals surface area contributed by atoms with Gasteiger partial charge in [-0.25, -0.2) is 0 Å². The Hall–Kier alpha value is 2.13. The third-order valence-corrected chi connectivity index (χ3v) is 12.6. The third kappa shape index (κ3) is 10.9. The van der Waals surface area contributed by atoms with E-state index >= 15 is 0 Å². The van der Waals surface area contributed by atoms with Crippen molar-refractivity contribution in [2.45, 2.75) is 78.0 Å². The summed E-state index contributed by atoms with van der Waals surface area (Å²) in [6.45, 7) is 19.5. The second-order valence-electron chi connectivity index (χ2n) is 5.99. The summed E-state index contributed by atoms with van der Waals surface area (Å²) in [5, 5.41) is 0. The molecule has 0 aromatic heterocycles. The van der Waals surface area contributed by atoms with Crippen LogP contribution in [0.2, 0.25) is 0 Å². The summed E-state index contributed by atoms with van der Waals surface area (Å²) in [6.07, 6.45) is 0. The van der Waals surface area contributed by atoms with E-state index in [1.165, 1.54) is 0 Å². The van der Waals surface area contributed by atoms with Crippen molar-refractivity contribution in [2.75, 3.05) is 5.90 Å². The van der Waals surface area contributed by atoms with Gasteiger partial charge < -0.3 is 0 Å². The molecule has 0 aromatic rings. The van der Waals surface area contributed by atoms with Crippen LogP contribution in [0.5, 0.6) is 0 Å². The Kier molecular flexibility index (Phi) is 16.0. The molecule has 0 heterocycles. The van der Waals surface area contributed by atoms with Crippen molar-refractivity contribution in [1.29, 1.82) is 0 Å². The molecule has 0 bridgehead atoms. The first-order valence-corrected chi connectivity index (χ1v) is 16.1. The van der Waals surface area contributed by atoms with E-state index in [0.29, 0.717) is 0 Å². The van der Waals surface area contributed by atoms with Crippen LogP contribution in [-0.4, -0.2) is 28.5 Å². The Morgan fingerprint density at radius 1 is 0.667 bits per heavy atom. The van der Waals surface area contributed by atoms with Gasteiger partial charge in [-0.3, -0.25) is 0 Å². The van der Waals surface area contributed by atoms with E-state index in [4.69, 9.17) is 18.8 Å². The first-order valence-electron chi connectivity index (χ1n) is 6.72. The molecule has 0 aromatic carbocycles. The fraction of sp³-hybridized carbons (Fsp3) is 1.00. The summed E-state index contributed by atoms with van der Waals surface area (Å²) in [7, 11) is 9.51. The van der Waals surface area contributed by atoms with Crippen LogP contribution in [0.4, 0.5) is 0 Å². The zero-order valence-corrected chi connectivity index (χ0v) is 18.9. The van der Waals surface area contributed by atoms with Crippen LogP contribution in [0.3, 0.4) is 0 Å². The maximum absolute atomic E-state index is 4.88. The van der Waals surface area contributed by atoms with Crippen molar-refractivity contribution < 1.29 is 16.5 Å². The molecule has 0 saturated carbocycles. The van der Waals surface area contributed by atoms with Gasteiger partial charge in [-0.1, -0.05) is 0 Å². The van der Waals surface area contributed by atoms with E-state index in [1.807, 2.05) is 0 Å². The summed E-state index contributed by atoms with van der Waals surface area (Å²) in [5.74, 6) is 1.61. The summed E-state index contributed by atoms with van der Waals surface area (Å²) in [4.78, 5) is 0. The first-order chi connectivity index (χ1) is 8.18. The number of halogens is 2. The second-order valence-corrected chi connectivity index (χ2v) is 17.6. The Balaban J connectivity index is 0. The molecule has 0 amide bonds. The molecule has 0 atom stereocenters. The standard InChI is InChI=1S/C13H30P2.2ClH.Pt/c1-10(2)14(11(3)4)9-15(12(5)6)13(7)8;;;/h10-13H,9H2,1-8H3;2*1H;/q;;;+2. The fourth-order valence-corrected chi connectivity index (χ4v) is 13.5. The Labute approximate surface area is 134 Å². The van der Waals surface area contributed by atoms with Gasteiger partial charge in [0, 0.05) is 15.8 Å². The second kappa shape index (κ2) is 12.8. The number of rotatable bonds is 6. The number of hydrogen-bond acceptors (Lipinski definition) is 0. The van der Waals surface area contributed by atoms with Gasteiger partial charge in [0.25, 0.3) is 0 Å². The van der Waals surface area contributed by atoms with Crippen LogP contribution >= 0.6 is 34.7 Å². The molecule has 0 nitrogen and oxygen atoms in total. The third-order valence-electron chi connectivity index (χ3n) is 3.37. The van der Waals surface area contributed by atoms with Crippen molar-refractivity contribution in [3.63, 3.8) is 0 Å². The van der Waals surface area contributed by atoms with Crippen LogP contribution < -0.4 is 0 Å². The molecule has 0 rings (SSSR count). The maximum atomic E-state index is 4.88. The molecule has 0 fully saturated rings. The molecule has 0 N–H and O–H groups in total. The van der Waals surface area contributed by atoms with Gasteiger partial charge in [-0.05, 0) is 55.4 Å². The van der Waals surface area contributed by atoms with Crippen molar-refractivity contribution in [1.82, 2.24) is 0 Å². The van der Waals surface area contributed by atoms with Gasteiger partial charge in [0.1, 0.15) is 0 Å². The van der Waals surface area contributed by atoms with Gasteiger partial charge >= 0.3 is 35.3 Å². The van der Waals surface area contributed by atoms with E-state index in [0.717, 1.165) is 22.6 Å². The van der Waals surface area contributed by atoms with Crippen LogP contribution in [0.15, 0.2) is 0 Å². The minimum absolute atomic E-state index is 0.121. The van der Waals surface area contributed by atoms with Crippen LogP contribution in [-0.2, 0) is 16.5 Å². The van der Waals surface area contributed by atoms with Gasteiger partial charge in [0.15, 0.2) is 5.90 Å². The van der Waals surface area contributed by atoms with Gasteiger partial charge in [0.05, 0.1) is 22.6 Å². The van der Waals surface area contributed by atoms with Crippen molar-refractivity contribution >= 4 is 34.7 Å². The van der Waals surface area contributed by atoms with E-state index in [-0.39, 0.29) is 15.8 Å². The van der Waals surface area contributed by atoms with Crippen LogP contribution in [0, 0.1) is 0 Å². The monoisotopic (exact) mass is 515 g/mol. The number of hydrogen-bond donors (Lipinski definition) is 0. The molecule has 0 unspecified atom stereocenters. The van der Waals surface area contributed by atoms with E-state index < -0.39 is 16.5 Å². The molecule has 5 heteroatoms. The van der Waals surface area contributed by atoms with E-state index in [1.54, 1.807) is 5.90 Å². The van der Waals surface area contributed by atoms with Crippen LogP contribution in [0.1, 0.15) is 55.4 Å². The van der Waals surface area contributed by atoms with Crippen LogP contribution in [0.25, 0.3) is 0 Å². The summed E-state index contributed by atoms with van der Waals surface area (Å²) in [5.41, 5.74) is 3.81. The average Bonchev–Trinajstić information content (AvgIpc) is 2.16. The predicted octanol–water partition coefficient (Wildman–Crippen LogP) is 6.38. The molecule has 0 spiro atoms. The molecular formula is C13H32Cl2P2Pt+2.